The van der Waals surface area contributed by atoms with Crippen LogP contribution in [0.1, 0.15) is 23.9 Å². The van der Waals surface area contributed by atoms with Gasteiger partial charge in [0.2, 0.25) is 5.91 Å². The highest BCUT2D eigenvalue weighted by atomic mass is 19.2. The van der Waals surface area contributed by atoms with Gasteiger partial charge in [-0.25, -0.2) is 17.6 Å². The minimum Gasteiger partial charge on any atom is -0.451 e. The largest absolute Gasteiger partial charge is 0.451 e. The highest BCUT2D eigenvalue weighted by molar-refractivity contribution is 5.98. The SMILES string of the molecule is CCCN(CC(=O)Nc1ccc(F)c(F)c1F)C(=O)c1ccc(-c2ccc(F)cc2)o1. The molecule has 9 heteroatoms. The zero-order valence-corrected chi connectivity index (χ0v) is 16.4. The maximum absolute atomic E-state index is 13.8. The second-order valence-electron chi connectivity index (χ2n) is 6.67. The van der Waals surface area contributed by atoms with Gasteiger partial charge in [0.1, 0.15) is 18.1 Å². The lowest BCUT2D eigenvalue weighted by atomic mass is 10.2. The van der Waals surface area contributed by atoms with Gasteiger partial charge in [-0.05, 0) is 55.0 Å². The van der Waals surface area contributed by atoms with Gasteiger partial charge in [0.25, 0.3) is 5.91 Å². The van der Waals surface area contributed by atoms with E-state index in [1.807, 2.05) is 0 Å². The summed E-state index contributed by atoms with van der Waals surface area (Å²) in [6.45, 7) is 1.52. The second kappa shape index (κ2) is 9.46. The number of benzene rings is 2. The van der Waals surface area contributed by atoms with E-state index in [0.29, 0.717) is 23.8 Å². The number of nitrogens with zero attached hydrogens (tertiary/aromatic N) is 1. The summed E-state index contributed by atoms with van der Waals surface area (Å²) in [4.78, 5) is 26.3. The van der Waals surface area contributed by atoms with Crippen LogP contribution in [-0.2, 0) is 4.79 Å². The predicted octanol–water partition coefficient (Wildman–Crippen LogP) is 4.99. The smallest absolute Gasteiger partial charge is 0.290 e. The lowest BCUT2D eigenvalue weighted by Crippen LogP contribution is -2.38. The molecule has 0 aliphatic carbocycles. The fourth-order valence-electron chi connectivity index (χ4n) is 2.89. The van der Waals surface area contributed by atoms with Gasteiger partial charge in [-0.3, -0.25) is 9.59 Å². The lowest BCUT2D eigenvalue weighted by molar-refractivity contribution is -0.116. The predicted molar refractivity (Wildman–Crippen MR) is 105 cm³/mol. The summed E-state index contributed by atoms with van der Waals surface area (Å²) in [6, 6.07) is 10.0. The van der Waals surface area contributed by atoms with Crippen molar-refractivity contribution in [2.45, 2.75) is 13.3 Å². The third-order valence-electron chi connectivity index (χ3n) is 4.37. The Hall–Kier alpha value is -3.62. The van der Waals surface area contributed by atoms with E-state index in [9.17, 15) is 27.2 Å². The molecule has 31 heavy (non-hydrogen) atoms. The number of amides is 2. The number of hydrogen-bond donors (Lipinski definition) is 1. The van der Waals surface area contributed by atoms with E-state index in [-0.39, 0.29) is 12.3 Å². The molecule has 0 aliphatic rings. The zero-order chi connectivity index (χ0) is 22.5. The van der Waals surface area contributed by atoms with E-state index < -0.39 is 47.3 Å². The standard InChI is InChI=1S/C22H18F4N2O3/c1-2-11-28(12-19(29)27-16-8-7-15(24)20(25)21(16)26)22(30)18-10-9-17(31-18)13-3-5-14(23)6-4-13/h3-10H,2,11-12H2,1H3,(H,27,29). The molecular weight excluding hydrogens is 416 g/mol. The monoisotopic (exact) mass is 434 g/mol. The Labute approximate surface area is 175 Å². The fraction of sp³-hybridized carbons (Fsp3) is 0.182. The topological polar surface area (TPSA) is 62.6 Å². The van der Waals surface area contributed by atoms with Crippen LogP contribution in [0.5, 0.6) is 0 Å². The van der Waals surface area contributed by atoms with Gasteiger partial charge in [0.05, 0.1) is 5.69 Å². The van der Waals surface area contributed by atoms with Crippen LogP contribution in [0.15, 0.2) is 52.9 Å². The molecule has 2 aromatic carbocycles. The Balaban J connectivity index is 1.73. The molecule has 1 N–H and O–H groups in total. The first kappa shape index (κ1) is 22.1. The van der Waals surface area contributed by atoms with Crippen molar-refractivity contribution in [3.63, 3.8) is 0 Å². The number of rotatable bonds is 7. The number of furan rings is 1. The quantitative estimate of drug-likeness (QED) is 0.421. The average Bonchev–Trinajstić information content (AvgIpc) is 3.24. The molecule has 0 bridgehead atoms. The Bertz CT molecular complexity index is 1100. The highest BCUT2D eigenvalue weighted by Crippen LogP contribution is 2.24. The maximum atomic E-state index is 13.8. The maximum Gasteiger partial charge on any atom is 0.290 e. The molecule has 0 spiro atoms. The molecule has 3 aromatic rings. The van der Waals surface area contributed by atoms with Gasteiger partial charge in [-0.15, -0.1) is 0 Å². The zero-order valence-electron chi connectivity index (χ0n) is 16.4. The molecule has 1 heterocycles. The van der Waals surface area contributed by atoms with Crippen molar-refractivity contribution in [1.29, 1.82) is 0 Å². The van der Waals surface area contributed by atoms with Crippen LogP contribution in [0, 0.1) is 23.3 Å². The van der Waals surface area contributed by atoms with E-state index in [1.54, 1.807) is 13.0 Å². The van der Waals surface area contributed by atoms with E-state index in [1.165, 1.54) is 35.2 Å². The van der Waals surface area contributed by atoms with E-state index in [2.05, 4.69) is 5.32 Å². The third kappa shape index (κ3) is 5.11. The molecule has 2 amide bonds. The van der Waals surface area contributed by atoms with Crippen LogP contribution in [0.2, 0.25) is 0 Å². The summed E-state index contributed by atoms with van der Waals surface area (Å²) in [6.07, 6.45) is 0.518. The highest BCUT2D eigenvalue weighted by Gasteiger charge is 2.23. The molecule has 0 aliphatic heterocycles. The molecule has 0 radical (unpaired) electrons. The Kier molecular flexibility index (Phi) is 6.74. The first-order valence-corrected chi connectivity index (χ1v) is 9.38. The Morgan fingerprint density at radius 1 is 0.935 bits per heavy atom. The molecule has 0 unspecified atom stereocenters. The Morgan fingerprint density at radius 3 is 2.32 bits per heavy atom. The van der Waals surface area contributed by atoms with E-state index >= 15 is 0 Å². The fourth-order valence-corrected chi connectivity index (χ4v) is 2.89. The summed E-state index contributed by atoms with van der Waals surface area (Å²) in [5.74, 6) is -6.11. The number of nitrogens with one attached hydrogen (secondary N) is 1. The van der Waals surface area contributed by atoms with Crippen molar-refractivity contribution in [3.05, 3.63) is 77.6 Å². The molecule has 0 atom stereocenters. The second-order valence-corrected chi connectivity index (χ2v) is 6.67. The number of hydrogen-bond acceptors (Lipinski definition) is 3. The molecule has 0 saturated heterocycles. The molecular formula is C22H18F4N2O3. The summed E-state index contributed by atoms with van der Waals surface area (Å²) >= 11 is 0. The van der Waals surface area contributed by atoms with Gasteiger partial charge in [0.15, 0.2) is 23.2 Å². The van der Waals surface area contributed by atoms with Crippen molar-refractivity contribution in [1.82, 2.24) is 4.90 Å². The summed E-state index contributed by atoms with van der Waals surface area (Å²) < 4.78 is 58.8. The lowest BCUT2D eigenvalue weighted by Gasteiger charge is -2.20. The molecule has 3 rings (SSSR count). The number of anilines is 1. The van der Waals surface area contributed by atoms with Gasteiger partial charge in [0, 0.05) is 12.1 Å². The van der Waals surface area contributed by atoms with Crippen molar-refractivity contribution in [3.8, 4) is 11.3 Å². The van der Waals surface area contributed by atoms with E-state index in [0.717, 1.165) is 6.07 Å². The molecule has 1 aromatic heterocycles. The van der Waals surface area contributed by atoms with Gasteiger partial charge in [-0.1, -0.05) is 6.92 Å². The van der Waals surface area contributed by atoms with Gasteiger partial charge >= 0.3 is 0 Å². The summed E-state index contributed by atoms with van der Waals surface area (Å²) in [5, 5.41) is 2.13. The van der Waals surface area contributed by atoms with Crippen LogP contribution in [0.4, 0.5) is 23.2 Å². The van der Waals surface area contributed by atoms with Crippen LogP contribution in [-0.4, -0.2) is 29.8 Å². The average molecular weight is 434 g/mol. The van der Waals surface area contributed by atoms with Crippen LogP contribution in [0.25, 0.3) is 11.3 Å². The first-order valence-electron chi connectivity index (χ1n) is 9.38. The minimum atomic E-state index is -1.71. The number of halogens is 4. The normalized spacial score (nSPS) is 10.7. The van der Waals surface area contributed by atoms with Crippen LogP contribution < -0.4 is 5.32 Å². The van der Waals surface area contributed by atoms with Gasteiger partial charge < -0.3 is 14.6 Å². The van der Waals surface area contributed by atoms with Crippen molar-refractivity contribution in [2.75, 3.05) is 18.4 Å². The third-order valence-corrected chi connectivity index (χ3v) is 4.37. The number of carbonyl (C=O) groups excluding carboxylic acids is 2. The molecule has 5 nitrogen and oxygen atoms in total. The molecule has 0 fully saturated rings. The van der Waals surface area contributed by atoms with Crippen molar-refractivity contribution >= 4 is 17.5 Å². The van der Waals surface area contributed by atoms with Gasteiger partial charge in [-0.2, -0.15) is 0 Å². The first-order chi connectivity index (χ1) is 14.8. The minimum absolute atomic E-state index is 0.0421. The molecule has 0 saturated carbocycles. The molecule has 162 valence electrons. The van der Waals surface area contributed by atoms with Crippen LogP contribution >= 0.6 is 0 Å². The summed E-state index contributed by atoms with van der Waals surface area (Å²) in [7, 11) is 0. The van der Waals surface area contributed by atoms with Crippen LogP contribution in [0.3, 0.4) is 0 Å². The van der Waals surface area contributed by atoms with E-state index in [4.69, 9.17) is 4.42 Å². The van der Waals surface area contributed by atoms with Crippen molar-refractivity contribution in [2.24, 2.45) is 0 Å². The summed E-state index contributed by atoms with van der Waals surface area (Å²) in [5.41, 5.74) is 0.0263. The number of carbonyl (C=O) groups is 2. The van der Waals surface area contributed by atoms with Crippen molar-refractivity contribution < 1.29 is 31.6 Å². The Morgan fingerprint density at radius 2 is 1.65 bits per heavy atom.